The Morgan fingerprint density at radius 3 is 2.58 bits per heavy atom. The third-order valence-electron chi connectivity index (χ3n) is 4.99. The highest BCUT2D eigenvalue weighted by molar-refractivity contribution is 6.30. The molecule has 132 valence electrons. The van der Waals surface area contributed by atoms with E-state index in [1.165, 1.54) is 16.3 Å². The lowest BCUT2D eigenvalue weighted by molar-refractivity contribution is -0.918. The molecule has 0 saturated carbocycles. The van der Waals surface area contributed by atoms with Gasteiger partial charge in [-0.05, 0) is 28.5 Å². The Labute approximate surface area is 159 Å². The van der Waals surface area contributed by atoms with Gasteiger partial charge in [0.2, 0.25) is 0 Å². The fraction of sp³-hybridized carbons (Fsp3) is 0.227. The summed E-state index contributed by atoms with van der Waals surface area (Å²) in [5.41, 5.74) is 2.48. The third-order valence-corrected chi connectivity index (χ3v) is 5.22. The zero-order valence-corrected chi connectivity index (χ0v) is 15.5. The molecular weight excluding hydrogens is 342 g/mol. The van der Waals surface area contributed by atoms with Gasteiger partial charge in [0.15, 0.2) is 0 Å². The van der Waals surface area contributed by atoms with Crippen molar-refractivity contribution in [3.05, 3.63) is 82.9 Å². The number of nitrogens with zero attached hydrogens (tertiary/aromatic N) is 2. The largest absolute Gasteiger partial charge is 0.328 e. The summed E-state index contributed by atoms with van der Waals surface area (Å²) in [4.78, 5) is 1.62. The number of quaternary nitrogens is 1. The van der Waals surface area contributed by atoms with Crippen LogP contribution in [0.5, 0.6) is 0 Å². The minimum atomic E-state index is 0.748. The van der Waals surface area contributed by atoms with Crippen LogP contribution in [0.3, 0.4) is 0 Å². The molecule has 1 fully saturated rings. The van der Waals surface area contributed by atoms with Crippen LogP contribution >= 0.6 is 11.6 Å². The standard InChI is InChI=1S/C22H22ClN3/c23-21-9-3-5-18(15-21)16-24-26-13-11-25(12-14-26)17-20-8-4-7-19-6-1-2-10-22(19)20/h1-10,15-16H,11-14,17H2/p+1. The average Bonchev–Trinajstić information content (AvgIpc) is 2.68. The minimum absolute atomic E-state index is 0.748. The Morgan fingerprint density at radius 1 is 0.962 bits per heavy atom. The molecule has 3 nitrogen and oxygen atoms in total. The highest BCUT2D eigenvalue weighted by atomic mass is 35.5. The summed E-state index contributed by atoms with van der Waals surface area (Å²) in [6.07, 6.45) is 1.90. The third kappa shape index (κ3) is 4.06. The highest BCUT2D eigenvalue weighted by Crippen LogP contribution is 2.17. The van der Waals surface area contributed by atoms with Gasteiger partial charge in [0.05, 0.1) is 32.4 Å². The second-order valence-corrected chi connectivity index (χ2v) is 7.25. The smallest absolute Gasteiger partial charge is 0.104 e. The first-order valence-corrected chi connectivity index (χ1v) is 9.50. The topological polar surface area (TPSA) is 20.0 Å². The maximum Gasteiger partial charge on any atom is 0.104 e. The van der Waals surface area contributed by atoms with E-state index < -0.39 is 0 Å². The van der Waals surface area contributed by atoms with E-state index in [0.29, 0.717) is 0 Å². The lowest BCUT2D eigenvalue weighted by Crippen LogP contribution is -3.13. The molecule has 0 unspecified atom stereocenters. The van der Waals surface area contributed by atoms with Crippen molar-refractivity contribution in [1.29, 1.82) is 0 Å². The molecule has 26 heavy (non-hydrogen) atoms. The summed E-state index contributed by atoms with van der Waals surface area (Å²) in [6.45, 7) is 5.26. The summed E-state index contributed by atoms with van der Waals surface area (Å²) in [7, 11) is 0. The van der Waals surface area contributed by atoms with E-state index in [1.807, 2.05) is 30.5 Å². The van der Waals surface area contributed by atoms with Gasteiger partial charge in [0.25, 0.3) is 0 Å². The van der Waals surface area contributed by atoms with Gasteiger partial charge >= 0.3 is 0 Å². The summed E-state index contributed by atoms with van der Waals surface area (Å²) in [6, 6.07) is 23.1. The van der Waals surface area contributed by atoms with Crippen molar-refractivity contribution in [3.8, 4) is 0 Å². The van der Waals surface area contributed by atoms with Crippen molar-refractivity contribution in [3.63, 3.8) is 0 Å². The van der Waals surface area contributed by atoms with Crippen LogP contribution in [0, 0.1) is 0 Å². The van der Waals surface area contributed by atoms with Crippen LogP contribution in [0.25, 0.3) is 10.8 Å². The molecule has 1 heterocycles. The molecule has 0 aliphatic carbocycles. The van der Waals surface area contributed by atoms with E-state index >= 15 is 0 Å². The van der Waals surface area contributed by atoms with Crippen molar-refractivity contribution < 1.29 is 4.90 Å². The van der Waals surface area contributed by atoms with Gasteiger partial charge < -0.3 is 4.90 Å². The second-order valence-electron chi connectivity index (χ2n) is 6.82. The monoisotopic (exact) mass is 364 g/mol. The number of hydrogen-bond donors (Lipinski definition) is 1. The van der Waals surface area contributed by atoms with E-state index in [0.717, 1.165) is 43.3 Å². The van der Waals surface area contributed by atoms with E-state index in [1.54, 1.807) is 4.90 Å². The Bertz CT molecular complexity index is 909. The van der Waals surface area contributed by atoms with Crippen LogP contribution in [0.1, 0.15) is 11.1 Å². The van der Waals surface area contributed by atoms with Gasteiger partial charge in [0, 0.05) is 10.6 Å². The number of hydrogen-bond acceptors (Lipinski definition) is 2. The van der Waals surface area contributed by atoms with Crippen LogP contribution in [-0.4, -0.2) is 37.4 Å². The van der Waals surface area contributed by atoms with E-state index in [4.69, 9.17) is 11.6 Å². The van der Waals surface area contributed by atoms with Gasteiger partial charge in [-0.3, -0.25) is 5.01 Å². The van der Waals surface area contributed by atoms with Crippen molar-refractivity contribution in [1.82, 2.24) is 5.01 Å². The molecule has 1 aliphatic heterocycles. The lowest BCUT2D eigenvalue weighted by atomic mass is 10.0. The zero-order chi connectivity index (χ0) is 17.8. The normalized spacial score (nSPS) is 15.8. The number of rotatable bonds is 4. The number of halogens is 1. The zero-order valence-electron chi connectivity index (χ0n) is 14.7. The Hall–Kier alpha value is -2.36. The van der Waals surface area contributed by atoms with Gasteiger partial charge in [-0.2, -0.15) is 5.10 Å². The molecule has 4 heteroatoms. The summed E-state index contributed by atoms with van der Waals surface area (Å²) in [5.74, 6) is 0. The first-order chi connectivity index (χ1) is 12.8. The second kappa shape index (κ2) is 7.90. The van der Waals surface area contributed by atoms with Crippen molar-refractivity contribution in [2.45, 2.75) is 6.54 Å². The molecule has 3 aromatic carbocycles. The molecule has 0 bridgehead atoms. The van der Waals surface area contributed by atoms with Crippen LogP contribution in [0.2, 0.25) is 5.02 Å². The number of nitrogens with one attached hydrogen (secondary N) is 1. The molecule has 0 amide bonds. The summed E-state index contributed by atoms with van der Waals surface area (Å²) in [5, 5.41) is 10.2. The number of benzene rings is 3. The maximum absolute atomic E-state index is 6.03. The SMILES string of the molecule is Clc1cccc(C=NN2CC[NH+](Cc3cccc4ccccc34)CC2)c1. The predicted molar refractivity (Wildman–Crippen MR) is 109 cm³/mol. The summed E-state index contributed by atoms with van der Waals surface area (Å²) < 4.78 is 0. The van der Waals surface area contributed by atoms with Crippen molar-refractivity contribution in [2.24, 2.45) is 5.10 Å². The van der Waals surface area contributed by atoms with Crippen LogP contribution in [0.4, 0.5) is 0 Å². The Morgan fingerprint density at radius 2 is 1.73 bits per heavy atom. The van der Waals surface area contributed by atoms with Crippen LogP contribution in [0.15, 0.2) is 71.8 Å². The van der Waals surface area contributed by atoms with Crippen molar-refractivity contribution >= 4 is 28.6 Å². The number of piperazine rings is 1. The van der Waals surface area contributed by atoms with E-state index in [2.05, 4.69) is 52.6 Å². The number of hydrazone groups is 1. The van der Waals surface area contributed by atoms with E-state index in [-0.39, 0.29) is 0 Å². The lowest BCUT2D eigenvalue weighted by Gasteiger charge is -2.30. The quantitative estimate of drug-likeness (QED) is 0.705. The van der Waals surface area contributed by atoms with Crippen molar-refractivity contribution in [2.75, 3.05) is 26.2 Å². The first-order valence-electron chi connectivity index (χ1n) is 9.13. The first kappa shape index (κ1) is 17.1. The molecule has 0 radical (unpaired) electrons. The summed E-state index contributed by atoms with van der Waals surface area (Å²) >= 11 is 6.03. The molecule has 3 aromatic rings. The Kier molecular flexibility index (Phi) is 5.19. The number of fused-ring (bicyclic) bond motifs is 1. The molecule has 1 saturated heterocycles. The average molecular weight is 365 g/mol. The minimum Gasteiger partial charge on any atom is -0.328 e. The fourth-order valence-electron chi connectivity index (χ4n) is 3.55. The molecule has 4 rings (SSSR count). The maximum atomic E-state index is 6.03. The van der Waals surface area contributed by atoms with Gasteiger partial charge in [-0.25, -0.2) is 0 Å². The molecule has 0 spiro atoms. The Balaban J connectivity index is 1.36. The molecule has 0 atom stereocenters. The van der Waals surface area contributed by atoms with Gasteiger partial charge in [-0.15, -0.1) is 0 Å². The van der Waals surface area contributed by atoms with Crippen LogP contribution in [-0.2, 0) is 6.54 Å². The van der Waals surface area contributed by atoms with E-state index in [9.17, 15) is 0 Å². The van der Waals surface area contributed by atoms with Gasteiger partial charge in [0.1, 0.15) is 6.54 Å². The highest BCUT2D eigenvalue weighted by Gasteiger charge is 2.19. The fourth-order valence-corrected chi connectivity index (χ4v) is 3.75. The van der Waals surface area contributed by atoms with Crippen LogP contribution < -0.4 is 4.90 Å². The molecular formula is C22H23ClN3+. The molecule has 1 N–H and O–H groups in total. The predicted octanol–water partition coefficient (Wildman–Crippen LogP) is 3.23. The molecule has 0 aromatic heterocycles. The van der Waals surface area contributed by atoms with Gasteiger partial charge in [-0.1, -0.05) is 66.2 Å². The molecule has 1 aliphatic rings.